The predicted molar refractivity (Wildman–Crippen MR) is 76.5 cm³/mol. The van der Waals surface area contributed by atoms with Crippen LogP contribution in [0, 0.1) is 5.92 Å². The second-order valence-electron chi connectivity index (χ2n) is 4.82. The smallest absolute Gasteiger partial charge is 0.358 e. The lowest BCUT2D eigenvalue weighted by molar-refractivity contribution is 0.0691. The summed E-state index contributed by atoms with van der Waals surface area (Å²) in [7, 11) is 0. The minimum atomic E-state index is -1.04. The minimum absolute atomic E-state index is 0.0159. The molecule has 0 saturated carbocycles. The summed E-state index contributed by atoms with van der Waals surface area (Å²) in [5.41, 5.74) is 1.44. The third-order valence-corrected chi connectivity index (χ3v) is 3.57. The highest BCUT2D eigenvalue weighted by Crippen LogP contribution is 2.24. The Hall–Kier alpha value is -2.17. The number of nitrogens with zero attached hydrogens (tertiary/aromatic N) is 3. The van der Waals surface area contributed by atoms with E-state index in [9.17, 15) is 9.90 Å². The largest absolute Gasteiger partial charge is 0.476 e. The summed E-state index contributed by atoms with van der Waals surface area (Å²) in [6, 6.07) is 9.44. The number of aromatic carboxylic acids is 1. The van der Waals surface area contributed by atoms with E-state index in [1.807, 2.05) is 30.3 Å². The number of hydrogen-bond donors (Lipinski definition) is 1. The van der Waals surface area contributed by atoms with Gasteiger partial charge < -0.3 is 5.11 Å². The third kappa shape index (κ3) is 2.87. The van der Waals surface area contributed by atoms with Gasteiger partial charge in [-0.05, 0) is 5.92 Å². The zero-order valence-corrected chi connectivity index (χ0v) is 11.8. The Bertz CT molecular complexity index is 574. The molecule has 0 fully saturated rings. The lowest BCUT2D eigenvalue weighted by atomic mass is 10.0. The van der Waals surface area contributed by atoms with Gasteiger partial charge in [0.15, 0.2) is 5.69 Å². The van der Waals surface area contributed by atoms with Crippen LogP contribution in [0.5, 0.6) is 0 Å². The van der Waals surface area contributed by atoms with Crippen molar-refractivity contribution in [3.05, 3.63) is 36.0 Å². The normalized spacial score (nSPS) is 10.9. The van der Waals surface area contributed by atoms with E-state index in [-0.39, 0.29) is 5.69 Å². The Labute approximate surface area is 118 Å². The van der Waals surface area contributed by atoms with Crippen LogP contribution in [0.15, 0.2) is 30.3 Å². The van der Waals surface area contributed by atoms with E-state index in [1.165, 1.54) is 0 Å². The average molecular weight is 273 g/mol. The van der Waals surface area contributed by atoms with Crippen molar-refractivity contribution < 1.29 is 9.90 Å². The molecule has 0 spiro atoms. The van der Waals surface area contributed by atoms with E-state index in [4.69, 9.17) is 0 Å². The highest BCUT2D eigenvalue weighted by atomic mass is 16.4. The maximum Gasteiger partial charge on any atom is 0.358 e. The molecule has 0 bridgehead atoms. The number of carboxylic acid groups (broad SMARTS) is 1. The molecule has 0 aliphatic carbocycles. The molecule has 20 heavy (non-hydrogen) atoms. The topological polar surface area (TPSA) is 68.0 Å². The number of hydrogen-bond acceptors (Lipinski definition) is 3. The first-order valence-corrected chi connectivity index (χ1v) is 6.89. The standard InChI is InChI=1S/C15H19N3O2/c1-3-11(4-2)10-18-14(12-8-6-5-7-9-12)13(15(19)20)16-17-18/h5-9,11H,3-4,10H2,1-2H3,(H,19,20). The molecule has 0 aliphatic heterocycles. The average Bonchev–Trinajstić information content (AvgIpc) is 2.89. The lowest BCUT2D eigenvalue weighted by Gasteiger charge is -2.14. The van der Waals surface area contributed by atoms with Gasteiger partial charge in [-0.15, -0.1) is 5.10 Å². The van der Waals surface area contributed by atoms with Gasteiger partial charge in [-0.25, -0.2) is 9.48 Å². The summed E-state index contributed by atoms with van der Waals surface area (Å²) in [5.74, 6) is -0.569. The van der Waals surface area contributed by atoms with Crippen molar-refractivity contribution in [2.45, 2.75) is 33.2 Å². The summed E-state index contributed by atoms with van der Waals surface area (Å²) in [5, 5.41) is 17.1. The molecule has 1 N–H and O–H groups in total. The van der Waals surface area contributed by atoms with Crippen LogP contribution in [0.4, 0.5) is 0 Å². The second-order valence-corrected chi connectivity index (χ2v) is 4.82. The molecule has 0 aliphatic rings. The van der Waals surface area contributed by atoms with E-state index in [1.54, 1.807) is 4.68 Å². The van der Waals surface area contributed by atoms with E-state index in [0.29, 0.717) is 18.2 Å². The van der Waals surface area contributed by atoms with Gasteiger partial charge in [0.25, 0.3) is 0 Å². The molecule has 0 amide bonds. The third-order valence-electron chi connectivity index (χ3n) is 3.57. The van der Waals surface area contributed by atoms with E-state index in [2.05, 4.69) is 24.2 Å². The van der Waals surface area contributed by atoms with E-state index < -0.39 is 5.97 Å². The van der Waals surface area contributed by atoms with Gasteiger partial charge in [-0.3, -0.25) is 0 Å². The second kappa shape index (κ2) is 6.32. The van der Waals surface area contributed by atoms with Gasteiger partial charge in [0.2, 0.25) is 0 Å². The Morgan fingerprint density at radius 2 is 1.90 bits per heavy atom. The summed E-state index contributed by atoms with van der Waals surface area (Å²) >= 11 is 0. The summed E-state index contributed by atoms with van der Waals surface area (Å²) < 4.78 is 1.72. The summed E-state index contributed by atoms with van der Waals surface area (Å²) in [6.07, 6.45) is 2.07. The minimum Gasteiger partial charge on any atom is -0.476 e. The first kappa shape index (κ1) is 14.2. The van der Waals surface area contributed by atoms with Crippen LogP contribution < -0.4 is 0 Å². The van der Waals surface area contributed by atoms with Crippen LogP contribution in [0.2, 0.25) is 0 Å². The fourth-order valence-electron chi connectivity index (χ4n) is 2.26. The molecule has 0 radical (unpaired) electrons. The molecule has 2 aromatic rings. The zero-order chi connectivity index (χ0) is 14.5. The molecule has 106 valence electrons. The molecule has 1 aromatic heterocycles. The summed E-state index contributed by atoms with van der Waals surface area (Å²) in [6.45, 7) is 4.95. The van der Waals surface area contributed by atoms with Crippen molar-refractivity contribution in [2.24, 2.45) is 5.92 Å². The first-order valence-electron chi connectivity index (χ1n) is 6.89. The van der Waals surface area contributed by atoms with Gasteiger partial charge in [0.05, 0.1) is 0 Å². The molecular weight excluding hydrogens is 254 g/mol. The molecule has 5 heteroatoms. The highest BCUT2D eigenvalue weighted by molar-refractivity contribution is 5.92. The van der Waals surface area contributed by atoms with Crippen LogP contribution in [0.1, 0.15) is 37.2 Å². The SMILES string of the molecule is CCC(CC)Cn1nnc(C(=O)O)c1-c1ccccc1. The van der Waals surface area contributed by atoms with Gasteiger partial charge in [0, 0.05) is 12.1 Å². The van der Waals surface area contributed by atoms with Gasteiger partial charge in [-0.2, -0.15) is 0 Å². The fourth-order valence-corrected chi connectivity index (χ4v) is 2.26. The number of rotatable bonds is 6. The lowest BCUT2D eigenvalue weighted by Crippen LogP contribution is -2.12. The van der Waals surface area contributed by atoms with Crippen LogP contribution in [-0.4, -0.2) is 26.1 Å². The zero-order valence-electron chi connectivity index (χ0n) is 11.8. The van der Waals surface area contributed by atoms with Crippen LogP contribution in [0.3, 0.4) is 0 Å². The molecule has 1 aromatic carbocycles. The Kier molecular flexibility index (Phi) is 4.50. The Morgan fingerprint density at radius 3 is 2.45 bits per heavy atom. The van der Waals surface area contributed by atoms with Gasteiger partial charge >= 0.3 is 5.97 Å². The van der Waals surface area contributed by atoms with Crippen molar-refractivity contribution in [3.63, 3.8) is 0 Å². The molecule has 2 rings (SSSR count). The quantitative estimate of drug-likeness (QED) is 0.878. The van der Waals surface area contributed by atoms with Crippen molar-refractivity contribution in [1.29, 1.82) is 0 Å². The molecule has 1 heterocycles. The van der Waals surface area contributed by atoms with Crippen molar-refractivity contribution in [3.8, 4) is 11.3 Å². The van der Waals surface area contributed by atoms with Crippen molar-refractivity contribution in [2.75, 3.05) is 0 Å². The Morgan fingerprint density at radius 1 is 1.25 bits per heavy atom. The first-order chi connectivity index (χ1) is 9.67. The Balaban J connectivity index is 2.46. The van der Waals surface area contributed by atoms with Crippen LogP contribution in [0.25, 0.3) is 11.3 Å². The molecular formula is C15H19N3O2. The molecule has 0 atom stereocenters. The number of carbonyl (C=O) groups is 1. The number of aromatic nitrogens is 3. The number of benzene rings is 1. The fraction of sp³-hybridized carbons (Fsp3) is 0.400. The van der Waals surface area contributed by atoms with Crippen LogP contribution in [-0.2, 0) is 6.54 Å². The van der Waals surface area contributed by atoms with Gasteiger partial charge in [0.1, 0.15) is 5.69 Å². The molecule has 0 saturated heterocycles. The van der Waals surface area contributed by atoms with E-state index >= 15 is 0 Å². The van der Waals surface area contributed by atoms with E-state index in [0.717, 1.165) is 18.4 Å². The maximum atomic E-state index is 11.3. The van der Waals surface area contributed by atoms with Crippen LogP contribution >= 0.6 is 0 Å². The highest BCUT2D eigenvalue weighted by Gasteiger charge is 2.21. The maximum absolute atomic E-state index is 11.3. The summed E-state index contributed by atoms with van der Waals surface area (Å²) in [4.78, 5) is 11.3. The molecule has 0 unspecified atom stereocenters. The monoisotopic (exact) mass is 273 g/mol. The molecule has 5 nitrogen and oxygen atoms in total. The number of carboxylic acids is 1. The predicted octanol–water partition coefficient (Wildman–Crippen LogP) is 3.08. The van der Waals surface area contributed by atoms with Crippen molar-refractivity contribution >= 4 is 5.97 Å². The van der Waals surface area contributed by atoms with Gasteiger partial charge in [-0.1, -0.05) is 62.2 Å². The van der Waals surface area contributed by atoms with Crippen molar-refractivity contribution in [1.82, 2.24) is 15.0 Å².